The standard InChI is InChI=1S/C19H26N4O6S/c20-18(25)17(19(26)22-8-3-1-2-4-9-22)21-30(27,28)15-7-5-6-14(12-15)23-10-11-29-13-16(23)24/h5-7,12,17,21H,1-4,8-11,13H2,(H2,20,25)/t17-/m0/s1. The molecule has 1 aromatic rings. The van der Waals surface area contributed by atoms with Crippen LogP contribution in [0.3, 0.4) is 0 Å². The summed E-state index contributed by atoms with van der Waals surface area (Å²) in [7, 11) is -4.24. The first-order valence-electron chi connectivity index (χ1n) is 9.88. The van der Waals surface area contributed by atoms with Crippen molar-refractivity contribution in [3.05, 3.63) is 24.3 Å². The number of carbonyl (C=O) groups is 3. The van der Waals surface area contributed by atoms with Crippen LogP contribution in [0.1, 0.15) is 25.7 Å². The Bertz CT molecular complexity index is 911. The molecule has 30 heavy (non-hydrogen) atoms. The lowest BCUT2D eigenvalue weighted by Crippen LogP contribution is -2.55. The van der Waals surface area contributed by atoms with E-state index in [2.05, 4.69) is 4.72 Å². The van der Waals surface area contributed by atoms with Gasteiger partial charge in [-0.25, -0.2) is 8.42 Å². The van der Waals surface area contributed by atoms with Gasteiger partial charge in [-0.15, -0.1) is 0 Å². The number of anilines is 1. The van der Waals surface area contributed by atoms with E-state index in [0.717, 1.165) is 25.7 Å². The number of hydrogen-bond acceptors (Lipinski definition) is 6. The molecule has 0 saturated carbocycles. The maximum Gasteiger partial charge on any atom is 0.253 e. The fourth-order valence-corrected chi connectivity index (χ4v) is 4.73. The van der Waals surface area contributed by atoms with Crippen LogP contribution in [-0.2, 0) is 29.1 Å². The summed E-state index contributed by atoms with van der Waals surface area (Å²) in [4.78, 5) is 39.5. The largest absolute Gasteiger partial charge is 0.370 e. The third kappa shape index (κ3) is 5.15. The lowest BCUT2D eigenvalue weighted by atomic mass is 10.2. The van der Waals surface area contributed by atoms with Gasteiger partial charge in [0, 0.05) is 25.3 Å². The molecule has 1 aromatic carbocycles. The molecular formula is C19H26N4O6S. The van der Waals surface area contributed by atoms with E-state index in [-0.39, 0.29) is 17.4 Å². The summed E-state index contributed by atoms with van der Waals surface area (Å²) in [5.74, 6) is -1.99. The molecule has 0 aromatic heterocycles. The lowest BCUT2D eigenvalue weighted by Gasteiger charge is -2.27. The minimum atomic E-state index is -4.24. The third-order valence-electron chi connectivity index (χ3n) is 5.15. The van der Waals surface area contributed by atoms with Crippen LogP contribution in [0.4, 0.5) is 5.69 Å². The molecule has 1 atom stereocenters. The highest BCUT2D eigenvalue weighted by Crippen LogP contribution is 2.21. The predicted octanol–water partition coefficient (Wildman–Crippen LogP) is -0.415. The molecule has 2 aliphatic heterocycles. The van der Waals surface area contributed by atoms with E-state index in [9.17, 15) is 22.8 Å². The third-order valence-corrected chi connectivity index (χ3v) is 6.57. The second-order valence-electron chi connectivity index (χ2n) is 7.29. The molecule has 164 valence electrons. The second-order valence-corrected chi connectivity index (χ2v) is 9.01. The van der Waals surface area contributed by atoms with Gasteiger partial charge in [0.15, 0.2) is 6.04 Å². The zero-order valence-electron chi connectivity index (χ0n) is 16.6. The zero-order valence-corrected chi connectivity index (χ0v) is 17.4. The maximum atomic E-state index is 12.9. The van der Waals surface area contributed by atoms with Gasteiger partial charge in [0.1, 0.15) is 6.61 Å². The highest BCUT2D eigenvalue weighted by atomic mass is 32.2. The topological polar surface area (TPSA) is 139 Å². The van der Waals surface area contributed by atoms with Gasteiger partial charge < -0.3 is 20.3 Å². The Morgan fingerprint density at radius 3 is 2.43 bits per heavy atom. The summed E-state index contributed by atoms with van der Waals surface area (Å²) in [5, 5.41) is 0. The van der Waals surface area contributed by atoms with Crippen molar-refractivity contribution in [1.29, 1.82) is 0 Å². The number of sulfonamides is 1. The number of nitrogens with one attached hydrogen (secondary N) is 1. The number of primary amides is 1. The number of hydrogen-bond donors (Lipinski definition) is 2. The number of ether oxygens (including phenoxy) is 1. The first kappa shape index (κ1) is 22.2. The van der Waals surface area contributed by atoms with Crippen LogP contribution in [0.25, 0.3) is 0 Å². The molecule has 0 bridgehead atoms. The Balaban J connectivity index is 1.81. The van der Waals surface area contributed by atoms with Crippen molar-refractivity contribution in [2.75, 3.05) is 37.7 Å². The highest BCUT2D eigenvalue weighted by Gasteiger charge is 2.34. The van der Waals surface area contributed by atoms with Crippen molar-refractivity contribution < 1.29 is 27.5 Å². The number of morpholine rings is 1. The number of carbonyl (C=O) groups excluding carboxylic acids is 3. The summed E-state index contributed by atoms with van der Waals surface area (Å²) < 4.78 is 33.0. The molecule has 11 heteroatoms. The molecule has 0 unspecified atom stereocenters. The van der Waals surface area contributed by atoms with Crippen LogP contribution in [0.15, 0.2) is 29.2 Å². The van der Waals surface area contributed by atoms with Crippen molar-refractivity contribution >= 4 is 33.4 Å². The first-order chi connectivity index (χ1) is 14.3. The molecular weight excluding hydrogens is 412 g/mol. The summed E-state index contributed by atoms with van der Waals surface area (Å²) >= 11 is 0. The molecule has 0 radical (unpaired) electrons. The van der Waals surface area contributed by atoms with Crippen LogP contribution in [0.5, 0.6) is 0 Å². The fourth-order valence-electron chi connectivity index (χ4n) is 3.54. The first-order valence-corrected chi connectivity index (χ1v) is 11.4. The Labute approximate surface area is 175 Å². The molecule has 2 aliphatic rings. The van der Waals surface area contributed by atoms with Gasteiger partial charge >= 0.3 is 0 Å². The Kier molecular flexibility index (Phi) is 7.06. The molecule has 2 saturated heterocycles. The molecule has 2 heterocycles. The highest BCUT2D eigenvalue weighted by molar-refractivity contribution is 7.89. The Morgan fingerprint density at radius 1 is 1.10 bits per heavy atom. The summed E-state index contributed by atoms with van der Waals surface area (Å²) in [6.07, 6.45) is 3.53. The van der Waals surface area contributed by atoms with Crippen molar-refractivity contribution in [2.45, 2.75) is 36.6 Å². The normalized spacial score (nSPS) is 19.3. The van der Waals surface area contributed by atoms with Crippen molar-refractivity contribution in [2.24, 2.45) is 5.73 Å². The molecule has 0 spiro atoms. The average Bonchev–Trinajstić information content (AvgIpc) is 3.01. The average molecular weight is 439 g/mol. The van der Waals surface area contributed by atoms with E-state index in [4.69, 9.17) is 10.5 Å². The molecule has 3 amide bonds. The molecule has 3 rings (SSSR count). The van der Waals surface area contributed by atoms with Crippen LogP contribution < -0.4 is 15.4 Å². The van der Waals surface area contributed by atoms with E-state index < -0.39 is 27.9 Å². The SMILES string of the molecule is NC(=O)[C@H](NS(=O)(=O)c1cccc(N2CCOCC2=O)c1)C(=O)N1CCCCCC1. The Hall–Kier alpha value is -2.50. The summed E-state index contributed by atoms with van der Waals surface area (Å²) in [5.41, 5.74) is 5.74. The van der Waals surface area contributed by atoms with Crippen molar-refractivity contribution in [3.8, 4) is 0 Å². The summed E-state index contributed by atoms with van der Waals surface area (Å²) in [6.45, 7) is 1.48. The summed E-state index contributed by atoms with van der Waals surface area (Å²) in [6, 6.07) is 4.05. The van der Waals surface area contributed by atoms with Crippen LogP contribution >= 0.6 is 0 Å². The van der Waals surface area contributed by atoms with Gasteiger partial charge in [-0.3, -0.25) is 14.4 Å². The van der Waals surface area contributed by atoms with E-state index in [1.165, 1.54) is 28.0 Å². The van der Waals surface area contributed by atoms with Crippen LogP contribution in [0, 0.1) is 0 Å². The Morgan fingerprint density at radius 2 is 1.80 bits per heavy atom. The number of likely N-dealkylation sites (tertiary alicyclic amines) is 1. The molecule has 10 nitrogen and oxygen atoms in total. The van der Waals surface area contributed by atoms with E-state index in [0.29, 0.717) is 31.9 Å². The van der Waals surface area contributed by atoms with Gasteiger partial charge in [0.25, 0.3) is 5.91 Å². The smallest absolute Gasteiger partial charge is 0.253 e. The van der Waals surface area contributed by atoms with Gasteiger partial charge in [-0.2, -0.15) is 4.72 Å². The van der Waals surface area contributed by atoms with Gasteiger partial charge in [-0.05, 0) is 31.0 Å². The number of nitrogens with zero attached hydrogens (tertiary/aromatic N) is 2. The number of benzene rings is 1. The molecule has 0 aliphatic carbocycles. The second kappa shape index (κ2) is 9.54. The van der Waals surface area contributed by atoms with Crippen molar-refractivity contribution in [1.82, 2.24) is 9.62 Å². The van der Waals surface area contributed by atoms with Crippen molar-refractivity contribution in [3.63, 3.8) is 0 Å². The monoisotopic (exact) mass is 438 g/mol. The van der Waals surface area contributed by atoms with E-state index in [1.807, 2.05) is 0 Å². The number of amides is 3. The van der Waals surface area contributed by atoms with Gasteiger partial charge in [-0.1, -0.05) is 18.9 Å². The van der Waals surface area contributed by atoms with Gasteiger partial charge in [0.2, 0.25) is 21.8 Å². The van der Waals surface area contributed by atoms with Gasteiger partial charge in [0.05, 0.1) is 11.5 Å². The van der Waals surface area contributed by atoms with E-state index >= 15 is 0 Å². The number of rotatable bonds is 6. The van der Waals surface area contributed by atoms with Crippen LogP contribution in [-0.4, -0.2) is 69.9 Å². The zero-order chi connectivity index (χ0) is 21.7. The maximum absolute atomic E-state index is 12.9. The minimum absolute atomic E-state index is 0.0800. The molecule has 2 fully saturated rings. The van der Waals surface area contributed by atoms with Crippen LogP contribution in [0.2, 0.25) is 0 Å². The van der Waals surface area contributed by atoms with E-state index in [1.54, 1.807) is 6.07 Å². The minimum Gasteiger partial charge on any atom is -0.370 e. The molecule has 3 N–H and O–H groups in total. The lowest BCUT2D eigenvalue weighted by molar-refractivity contribution is -0.137. The number of nitrogens with two attached hydrogens (primary N) is 1. The quantitative estimate of drug-likeness (QED) is 0.579. The fraction of sp³-hybridized carbons (Fsp3) is 0.526. The predicted molar refractivity (Wildman–Crippen MR) is 108 cm³/mol.